The zero-order chi connectivity index (χ0) is 14.4. The summed E-state index contributed by atoms with van der Waals surface area (Å²) in [4.78, 5) is 5.76. The summed E-state index contributed by atoms with van der Waals surface area (Å²) < 4.78 is 5.76. The van der Waals surface area contributed by atoms with Crippen LogP contribution in [0.2, 0.25) is 0 Å². The topological polar surface area (TPSA) is 34.1 Å². The second-order valence-electron chi connectivity index (χ2n) is 5.08. The molecule has 0 saturated heterocycles. The first kappa shape index (κ1) is 14.9. The molecule has 0 amide bonds. The molecule has 1 atom stereocenters. The molecule has 2 heterocycles. The zero-order valence-electron chi connectivity index (χ0n) is 12.3. The van der Waals surface area contributed by atoms with Gasteiger partial charge in [0.15, 0.2) is 11.6 Å². The molecule has 0 bridgehead atoms. The van der Waals surface area contributed by atoms with E-state index in [1.54, 1.807) is 17.5 Å². The van der Waals surface area contributed by atoms with Gasteiger partial charge in [-0.2, -0.15) is 0 Å². The molecule has 2 rings (SSSR count). The molecular weight excluding hydrogens is 268 g/mol. The van der Waals surface area contributed by atoms with Gasteiger partial charge in [-0.05, 0) is 35.9 Å². The largest absolute Gasteiger partial charge is 0.490 e. The van der Waals surface area contributed by atoms with Crippen LogP contribution >= 0.6 is 11.3 Å². The van der Waals surface area contributed by atoms with E-state index < -0.39 is 0 Å². The fourth-order valence-electron chi connectivity index (χ4n) is 2.01. The van der Waals surface area contributed by atoms with Crippen LogP contribution in [0, 0.1) is 5.92 Å². The van der Waals surface area contributed by atoms with Crippen molar-refractivity contribution in [2.75, 3.05) is 11.9 Å². The molecular formula is C16H22N2OS. The lowest BCUT2D eigenvalue weighted by Gasteiger charge is -2.23. The number of hydrogen-bond donors (Lipinski definition) is 1. The molecule has 1 unspecified atom stereocenters. The fourth-order valence-corrected chi connectivity index (χ4v) is 2.96. The molecule has 4 heteroatoms. The molecule has 1 N–H and O–H groups in total. The van der Waals surface area contributed by atoms with Gasteiger partial charge in [-0.15, -0.1) is 11.3 Å². The number of pyridine rings is 1. The summed E-state index contributed by atoms with van der Waals surface area (Å²) in [7, 11) is 0. The highest BCUT2D eigenvalue weighted by Gasteiger charge is 2.18. The predicted molar refractivity (Wildman–Crippen MR) is 85.5 cm³/mol. The standard InChI is InChI=1S/C16H22N2OS/c1-4-10-19-13-7-5-9-17-16(13)18-15(12(2)3)14-8-6-11-20-14/h5-9,11-12,15H,4,10H2,1-3H3,(H,17,18). The highest BCUT2D eigenvalue weighted by atomic mass is 32.1. The van der Waals surface area contributed by atoms with Crippen LogP contribution in [0.5, 0.6) is 5.75 Å². The summed E-state index contributed by atoms with van der Waals surface area (Å²) in [6.07, 6.45) is 2.79. The average Bonchev–Trinajstić information content (AvgIpc) is 2.97. The molecule has 0 fully saturated rings. The Morgan fingerprint density at radius 1 is 1.30 bits per heavy atom. The van der Waals surface area contributed by atoms with Gasteiger partial charge in [-0.3, -0.25) is 0 Å². The zero-order valence-corrected chi connectivity index (χ0v) is 13.1. The maximum Gasteiger partial charge on any atom is 0.169 e. The minimum absolute atomic E-state index is 0.258. The van der Waals surface area contributed by atoms with Crippen molar-refractivity contribution in [3.8, 4) is 5.75 Å². The van der Waals surface area contributed by atoms with Crippen LogP contribution in [-0.2, 0) is 0 Å². The average molecular weight is 290 g/mol. The Bertz CT molecular complexity index is 511. The van der Waals surface area contributed by atoms with Crippen LogP contribution in [-0.4, -0.2) is 11.6 Å². The maximum atomic E-state index is 5.76. The second-order valence-corrected chi connectivity index (χ2v) is 6.06. The Morgan fingerprint density at radius 3 is 2.80 bits per heavy atom. The third-order valence-corrected chi connectivity index (χ3v) is 4.00. The Morgan fingerprint density at radius 2 is 2.15 bits per heavy atom. The van der Waals surface area contributed by atoms with Gasteiger partial charge in [0.2, 0.25) is 0 Å². The van der Waals surface area contributed by atoms with Crippen molar-refractivity contribution >= 4 is 17.2 Å². The third-order valence-electron chi connectivity index (χ3n) is 3.04. The molecule has 20 heavy (non-hydrogen) atoms. The Hall–Kier alpha value is -1.55. The normalized spacial score (nSPS) is 12.4. The number of ether oxygens (including phenoxy) is 1. The van der Waals surface area contributed by atoms with Crippen LogP contribution in [0.1, 0.15) is 38.1 Å². The van der Waals surface area contributed by atoms with Gasteiger partial charge in [0.1, 0.15) is 0 Å². The molecule has 0 aliphatic heterocycles. The van der Waals surface area contributed by atoms with Crippen molar-refractivity contribution in [1.82, 2.24) is 4.98 Å². The molecule has 2 aromatic rings. The summed E-state index contributed by atoms with van der Waals surface area (Å²) in [6.45, 7) is 7.25. The number of thiophene rings is 1. The number of anilines is 1. The molecule has 0 aliphatic carbocycles. The van der Waals surface area contributed by atoms with E-state index in [0.717, 1.165) is 18.0 Å². The van der Waals surface area contributed by atoms with E-state index in [2.05, 4.69) is 48.6 Å². The van der Waals surface area contributed by atoms with Gasteiger partial charge in [0.25, 0.3) is 0 Å². The monoisotopic (exact) mass is 290 g/mol. The van der Waals surface area contributed by atoms with Gasteiger partial charge in [0, 0.05) is 11.1 Å². The summed E-state index contributed by atoms with van der Waals surface area (Å²) in [5, 5.41) is 5.64. The lowest BCUT2D eigenvalue weighted by Crippen LogP contribution is -2.17. The van der Waals surface area contributed by atoms with Crippen molar-refractivity contribution in [1.29, 1.82) is 0 Å². The van der Waals surface area contributed by atoms with Crippen LogP contribution in [0.3, 0.4) is 0 Å². The molecule has 0 spiro atoms. The Labute approximate surface area is 125 Å². The minimum Gasteiger partial charge on any atom is -0.490 e. The quantitative estimate of drug-likeness (QED) is 0.799. The van der Waals surface area contributed by atoms with Gasteiger partial charge >= 0.3 is 0 Å². The molecule has 108 valence electrons. The molecule has 0 aromatic carbocycles. The second kappa shape index (κ2) is 7.29. The smallest absolute Gasteiger partial charge is 0.169 e. The van der Waals surface area contributed by atoms with Crippen LogP contribution in [0.15, 0.2) is 35.8 Å². The maximum absolute atomic E-state index is 5.76. The Kier molecular flexibility index (Phi) is 5.41. The number of hydrogen-bond acceptors (Lipinski definition) is 4. The number of nitrogens with one attached hydrogen (secondary N) is 1. The van der Waals surface area contributed by atoms with Crippen LogP contribution in [0.4, 0.5) is 5.82 Å². The van der Waals surface area contributed by atoms with Crippen molar-refractivity contribution < 1.29 is 4.74 Å². The molecule has 0 aliphatic rings. The highest BCUT2D eigenvalue weighted by molar-refractivity contribution is 7.10. The first-order chi connectivity index (χ1) is 9.72. The molecule has 2 aromatic heterocycles. The van der Waals surface area contributed by atoms with Crippen molar-refractivity contribution in [3.63, 3.8) is 0 Å². The first-order valence-corrected chi connectivity index (χ1v) is 7.98. The molecule has 0 saturated carbocycles. The number of nitrogens with zero attached hydrogens (tertiary/aromatic N) is 1. The van der Waals surface area contributed by atoms with Crippen molar-refractivity contribution in [2.45, 2.75) is 33.2 Å². The minimum atomic E-state index is 0.258. The van der Waals surface area contributed by atoms with Gasteiger partial charge in [-0.25, -0.2) is 4.98 Å². The van der Waals surface area contributed by atoms with E-state index in [9.17, 15) is 0 Å². The highest BCUT2D eigenvalue weighted by Crippen LogP contribution is 2.32. The lowest BCUT2D eigenvalue weighted by molar-refractivity contribution is 0.317. The summed E-state index contributed by atoms with van der Waals surface area (Å²) in [6, 6.07) is 8.39. The van der Waals surface area contributed by atoms with E-state index in [1.165, 1.54) is 4.88 Å². The van der Waals surface area contributed by atoms with Gasteiger partial charge in [0.05, 0.1) is 12.6 Å². The lowest BCUT2D eigenvalue weighted by atomic mass is 10.0. The third kappa shape index (κ3) is 3.73. The predicted octanol–water partition coefficient (Wildman–Crippen LogP) is 4.74. The molecule has 3 nitrogen and oxygen atoms in total. The van der Waals surface area contributed by atoms with Crippen LogP contribution < -0.4 is 10.1 Å². The van der Waals surface area contributed by atoms with Crippen molar-refractivity contribution in [2.24, 2.45) is 5.92 Å². The van der Waals surface area contributed by atoms with E-state index in [-0.39, 0.29) is 6.04 Å². The van der Waals surface area contributed by atoms with Gasteiger partial charge < -0.3 is 10.1 Å². The number of aromatic nitrogens is 1. The SMILES string of the molecule is CCCOc1cccnc1NC(c1cccs1)C(C)C. The van der Waals surface area contributed by atoms with E-state index in [0.29, 0.717) is 12.5 Å². The number of rotatable bonds is 7. The van der Waals surface area contributed by atoms with E-state index in [4.69, 9.17) is 4.74 Å². The van der Waals surface area contributed by atoms with E-state index >= 15 is 0 Å². The molecule has 0 radical (unpaired) electrons. The van der Waals surface area contributed by atoms with Gasteiger partial charge in [-0.1, -0.05) is 26.8 Å². The fraction of sp³-hybridized carbons (Fsp3) is 0.438. The first-order valence-electron chi connectivity index (χ1n) is 7.10. The summed E-state index contributed by atoms with van der Waals surface area (Å²) in [5.74, 6) is 2.14. The van der Waals surface area contributed by atoms with Crippen LogP contribution in [0.25, 0.3) is 0 Å². The summed E-state index contributed by atoms with van der Waals surface area (Å²) in [5.41, 5.74) is 0. The van der Waals surface area contributed by atoms with E-state index in [1.807, 2.05) is 12.1 Å². The Balaban J connectivity index is 2.18. The summed E-state index contributed by atoms with van der Waals surface area (Å²) >= 11 is 1.77. The van der Waals surface area contributed by atoms with Crippen molar-refractivity contribution in [3.05, 3.63) is 40.7 Å².